The van der Waals surface area contributed by atoms with Gasteiger partial charge in [-0.1, -0.05) is 84.0 Å². The van der Waals surface area contributed by atoms with Gasteiger partial charge >= 0.3 is 0 Å². The number of aryl methyl sites for hydroxylation is 2. The van der Waals surface area contributed by atoms with Crippen molar-refractivity contribution < 1.29 is 4.43 Å². The Morgan fingerprint density at radius 1 is 0.829 bits per heavy atom. The summed E-state index contributed by atoms with van der Waals surface area (Å²) < 4.78 is 6.93. The van der Waals surface area contributed by atoms with Gasteiger partial charge in [-0.25, -0.2) is 0 Å². The summed E-state index contributed by atoms with van der Waals surface area (Å²) in [6.07, 6.45) is 5.67. The van der Waals surface area contributed by atoms with E-state index in [1.165, 1.54) is 47.3 Å². The highest BCUT2D eigenvalue weighted by Gasteiger charge is 2.45. The molecule has 0 saturated heterocycles. The molecule has 3 aromatic rings. The Morgan fingerprint density at radius 2 is 1.46 bits per heavy atom. The standard InChI is InChI=1S/C31H40OS2Si/c1-20(2)35(21(3)4,22(5)6)32-19-26-17-29(23(7)33-26)27-15-12-16-28(27)30-18-31(34-24(30)8)25-13-10-9-11-14-25/h9-15,17-18,20-22H,16,19H2,1-8H3. The van der Waals surface area contributed by atoms with Gasteiger partial charge < -0.3 is 4.43 Å². The molecule has 0 atom stereocenters. The lowest BCUT2D eigenvalue weighted by atomic mass is 9.96. The Bertz CT molecular complexity index is 1200. The van der Waals surface area contributed by atoms with Crippen molar-refractivity contribution >= 4 is 42.1 Å². The lowest BCUT2D eigenvalue weighted by molar-refractivity contribution is 0.269. The highest BCUT2D eigenvalue weighted by Crippen LogP contribution is 2.45. The van der Waals surface area contributed by atoms with Crippen LogP contribution in [0, 0.1) is 13.8 Å². The van der Waals surface area contributed by atoms with E-state index < -0.39 is 8.32 Å². The first-order chi connectivity index (χ1) is 16.6. The first-order valence-electron chi connectivity index (χ1n) is 12.9. The molecule has 0 aliphatic heterocycles. The van der Waals surface area contributed by atoms with Crippen LogP contribution in [0.2, 0.25) is 16.6 Å². The molecule has 4 heteroatoms. The van der Waals surface area contributed by atoms with Gasteiger partial charge in [0.05, 0.1) is 6.61 Å². The molecule has 4 rings (SSSR count). The topological polar surface area (TPSA) is 9.23 Å². The number of benzene rings is 1. The fraction of sp³-hybridized carbons (Fsp3) is 0.419. The van der Waals surface area contributed by atoms with E-state index >= 15 is 0 Å². The predicted octanol–water partition coefficient (Wildman–Crippen LogP) is 10.7. The number of thiophene rings is 2. The average Bonchev–Trinajstić information content (AvgIpc) is 3.52. The highest BCUT2D eigenvalue weighted by molar-refractivity contribution is 7.15. The van der Waals surface area contributed by atoms with Crippen LogP contribution in [0.25, 0.3) is 21.6 Å². The molecule has 0 unspecified atom stereocenters. The van der Waals surface area contributed by atoms with Crippen molar-refractivity contribution in [2.45, 2.75) is 85.0 Å². The molecule has 2 aromatic heterocycles. The molecule has 2 heterocycles. The fourth-order valence-electron chi connectivity index (χ4n) is 6.12. The average molecular weight is 521 g/mol. The molecule has 0 saturated carbocycles. The van der Waals surface area contributed by atoms with Crippen LogP contribution < -0.4 is 0 Å². The Balaban J connectivity index is 1.64. The van der Waals surface area contributed by atoms with Gasteiger partial charge in [0.1, 0.15) is 0 Å². The summed E-state index contributed by atoms with van der Waals surface area (Å²) in [5.74, 6) is 0. The van der Waals surface area contributed by atoms with Crippen molar-refractivity contribution in [2.75, 3.05) is 0 Å². The summed E-state index contributed by atoms with van der Waals surface area (Å²) in [5.41, 5.74) is 8.77. The smallest absolute Gasteiger partial charge is 0.200 e. The van der Waals surface area contributed by atoms with E-state index in [1.807, 2.05) is 22.7 Å². The zero-order valence-electron chi connectivity index (χ0n) is 22.6. The Morgan fingerprint density at radius 3 is 2.09 bits per heavy atom. The third kappa shape index (κ3) is 5.09. The first-order valence-corrected chi connectivity index (χ1v) is 16.7. The minimum absolute atomic E-state index is 0.607. The maximum absolute atomic E-state index is 6.93. The minimum atomic E-state index is -1.87. The maximum atomic E-state index is 6.93. The summed E-state index contributed by atoms with van der Waals surface area (Å²) in [5, 5.41) is 0. The molecule has 186 valence electrons. The summed E-state index contributed by atoms with van der Waals surface area (Å²) >= 11 is 3.82. The van der Waals surface area contributed by atoms with Crippen LogP contribution in [0.1, 0.15) is 73.7 Å². The third-order valence-corrected chi connectivity index (χ3v) is 15.8. The Labute approximate surface area is 221 Å². The molecular formula is C31H40OS2Si. The van der Waals surface area contributed by atoms with Crippen LogP contribution in [0.5, 0.6) is 0 Å². The molecule has 1 aromatic carbocycles. The molecule has 35 heavy (non-hydrogen) atoms. The molecule has 0 radical (unpaired) electrons. The molecule has 0 spiro atoms. The van der Waals surface area contributed by atoms with E-state index in [-0.39, 0.29) is 0 Å². The fourth-order valence-corrected chi connectivity index (χ4v) is 13.6. The lowest BCUT2D eigenvalue weighted by Gasteiger charge is -2.42. The van der Waals surface area contributed by atoms with Crippen molar-refractivity contribution in [3.8, 4) is 10.4 Å². The van der Waals surface area contributed by atoms with E-state index in [0.717, 1.165) is 13.0 Å². The van der Waals surface area contributed by atoms with Gasteiger partial charge in [-0.05, 0) is 76.9 Å². The van der Waals surface area contributed by atoms with Crippen molar-refractivity contribution in [2.24, 2.45) is 0 Å². The lowest BCUT2D eigenvalue weighted by Crippen LogP contribution is -2.47. The molecule has 1 nitrogen and oxygen atoms in total. The number of hydrogen-bond acceptors (Lipinski definition) is 3. The van der Waals surface area contributed by atoms with Crippen molar-refractivity contribution in [3.63, 3.8) is 0 Å². The summed E-state index contributed by atoms with van der Waals surface area (Å²) in [6, 6.07) is 15.6. The summed E-state index contributed by atoms with van der Waals surface area (Å²) in [7, 11) is -1.87. The van der Waals surface area contributed by atoms with Crippen LogP contribution in [-0.2, 0) is 11.0 Å². The normalized spacial score (nSPS) is 14.4. The number of allylic oxidation sites excluding steroid dienone is 4. The molecule has 1 aliphatic rings. The van der Waals surface area contributed by atoms with Gasteiger partial charge in [-0.2, -0.15) is 0 Å². The first kappa shape index (κ1) is 26.3. The quantitative estimate of drug-likeness (QED) is 0.255. The van der Waals surface area contributed by atoms with Crippen LogP contribution in [-0.4, -0.2) is 8.32 Å². The van der Waals surface area contributed by atoms with Crippen LogP contribution >= 0.6 is 22.7 Å². The predicted molar refractivity (Wildman–Crippen MR) is 160 cm³/mol. The van der Waals surface area contributed by atoms with E-state index in [4.69, 9.17) is 4.43 Å². The van der Waals surface area contributed by atoms with E-state index in [2.05, 4.69) is 110 Å². The van der Waals surface area contributed by atoms with E-state index in [0.29, 0.717) is 16.6 Å². The van der Waals surface area contributed by atoms with Gasteiger partial charge in [-0.3, -0.25) is 0 Å². The summed E-state index contributed by atoms with van der Waals surface area (Å²) in [6.45, 7) is 19.5. The zero-order chi connectivity index (χ0) is 25.3. The Hall–Kier alpha value is -1.72. The molecule has 0 fully saturated rings. The van der Waals surface area contributed by atoms with Gasteiger partial charge in [0.25, 0.3) is 0 Å². The third-order valence-electron chi connectivity index (χ3n) is 7.66. The van der Waals surface area contributed by atoms with Crippen LogP contribution in [0.15, 0.2) is 54.6 Å². The number of rotatable bonds is 9. The van der Waals surface area contributed by atoms with Crippen molar-refractivity contribution in [1.82, 2.24) is 0 Å². The van der Waals surface area contributed by atoms with Crippen LogP contribution in [0.3, 0.4) is 0 Å². The van der Waals surface area contributed by atoms with Crippen LogP contribution in [0.4, 0.5) is 0 Å². The maximum Gasteiger partial charge on any atom is 0.200 e. The van der Waals surface area contributed by atoms with E-state index in [1.54, 1.807) is 0 Å². The van der Waals surface area contributed by atoms with E-state index in [9.17, 15) is 0 Å². The SMILES string of the molecule is Cc1sc(CO[Si](C(C)C)(C(C)C)C(C)C)cc1C1=C(c2cc(-c3ccccc3)sc2C)CC=C1. The minimum Gasteiger partial charge on any atom is -0.411 e. The second kappa shape index (κ2) is 10.7. The zero-order valence-corrected chi connectivity index (χ0v) is 25.2. The highest BCUT2D eigenvalue weighted by atomic mass is 32.1. The largest absolute Gasteiger partial charge is 0.411 e. The second-order valence-corrected chi connectivity index (χ2v) is 18.8. The van der Waals surface area contributed by atoms with Gasteiger partial charge in [-0.15, -0.1) is 22.7 Å². The molecule has 0 bridgehead atoms. The monoisotopic (exact) mass is 520 g/mol. The second-order valence-electron chi connectivity index (χ2n) is 10.7. The molecule has 0 N–H and O–H groups in total. The summed E-state index contributed by atoms with van der Waals surface area (Å²) in [4.78, 5) is 5.50. The van der Waals surface area contributed by atoms with Gasteiger partial charge in [0.15, 0.2) is 0 Å². The van der Waals surface area contributed by atoms with Crippen molar-refractivity contribution in [1.29, 1.82) is 0 Å². The van der Waals surface area contributed by atoms with Gasteiger partial charge in [0.2, 0.25) is 8.32 Å². The number of hydrogen-bond donors (Lipinski definition) is 0. The molecule has 0 amide bonds. The van der Waals surface area contributed by atoms with Crippen molar-refractivity contribution in [3.05, 3.63) is 80.4 Å². The Kier molecular flexibility index (Phi) is 8.07. The molecular weight excluding hydrogens is 481 g/mol. The molecule has 1 aliphatic carbocycles. The van der Waals surface area contributed by atoms with Gasteiger partial charge in [0, 0.05) is 19.5 Å².